The molecule has 0 bridgehead atoms. The highest BCUT2D eigenvalue weighted by atomic mass is 32.2. The maximum atomic E-state index is 12.4. The van der Waals surface area contributed by atoms with Gasteiger partial charge in [-0.2, -0.15) is 18.4 Å². The van der Waals surface area contributed by atoms with E-state index >= 15 is 0 Å². The lowest BCUT2D eigenvalue weighted by Gasteiger charge is -2.08. The quantitative estimate of drug-likeness (QED) is 0.380. The van der Waals surface area contributed by atoms with Crippen LogP contribution in [0.15, 0.2) is 70.7 Å². The van der Waals surface area contributed by atoms with Gasteiger partial charge in [-0.15, -0.1) is 0 Å². The zero-order valence-corrected chi connectivity index (χ0v) is 14.2. The normalized spacial score (nSPS) is 12.3. The molecule has 0 fully saturated rings. The van der Waals surface area contributed by atoms with E-state index in [0.717, 1.165) is 10.8 Å². The first-order valence-corrected chi connectivity index (χ1v) is 8.92. The number of fused-ring (bicyclic) bond motifs is 1. The Labute approximate surface area is 145 Å². The molecule has 0 amide bonds. The zero-order chi connectivity index (χ0) is 18.0. The first-order chi connectivity index (χ1) is 11.9. The summed E-state index contributed by atoms with van der Waals surface area (Å²) in [6, 6.07) is 16.2. The van der Waals surface area contributed by atoms with Crippen molar-refractivity contribution in [2.75, 3.05) is 0 Å². The van der Waals surface area contributed by atoms with Gasteiger partial charge in [-0.05, 0) is 48.0 Å². The van der Waals surface area contributed by atoms with Gasteiger partial charge in [0.2, 0.25) is 0 Å². The van der Waals surface area contributed by atoms with Crippen molar-refractivity contribution in [1.82, 2.24) is 4.83 Å². The number of nitrogens with zero attached hydrogens (tertiary/aromatic N) is 1. The fourth-order valence-electron chi connectivity index (χ4n) is 2.39. The molecule has 128 valence electrons. The Hall–Kier alpha value is -3.06. The predicted molar refractivity (Wildman–Crippen MR) is 96.3 cm³/mol. The van der Waals surface area contributed by atoms with Gasteiger partial charge in [0.05, 0.1) is 10.6 Å². The van der Waals surface area contributed by atoms with Crippen LogP contribution in [0.3, 0.4) is 0 Å². The van der Waals surface area contributed by atoms with Crippen molar-refractivity contribution in [2.45, 2.75) is 11.8 Å². The third kappa shape index (κ3) is 3.56. The smallest absolute Gasteiger partial charge is 0.276 e. The Morgan fingerprint density at radius 1 is 0.960 bits per heavy atom. The summed E-state index contributed by atoms with van der Waals surface area (Å²) in [5.41, 5.74) is 0.457. The number of phenols is 2. The fraction of sp³-hybridized carbons (Fsp3) is 0.0556. The molecular weight excluding hydrogens is 340 g/mol. The summed E-state index contributed by atoms with van der Waals surface area (Å²) >= 11 is 0. The number of aromatic hydroxyl groups is 2. The van der Waals surface area contributed by atoms with E-state index in [4.69, 9.17) is 0 Å². The van der Waals surface area contributed by atoms with E-state index in [9.17, 15) is 18.6 Å². The van der Waals surface area contributed by atoms with Crippen molar-refractivity contribution in [3.8, 4) is 11.5 Å². The van der Waals surface area contributed by atoms with Crippen molar-refractivity contribution in [1.29, 1.82) is 0 Å². The molecule has 3 rings (SSSR count). The minimum Gasteiger partial charge on any atom is -0.508 e. The molecule has 6 nitrogen and oxygen atoms in total. The molecule has 0 aliphatic heterocycles. The van der Waals surface area contributed by atoms with E-state index in [1.54, 1.807) is 12.1 Å². The highest BCUT2D eigenvalue weighted by Crippen LogP contribution is 2.23. The Bertz CT molecular complexity index is 1080. The fourth-order valence-corrected chi connectivity index (χ4v) is 3.28. The summed E-state index contributed by atoms with van der Waals surface area (Å²) < 4.78 is 24.9. The third-order valence-electron chi connectivity index (χ3n) is 3.73. The minimum absolute atomic E-state index is 0.0558. The second-order valence-electron chi connectivity index (χ2n) is 5.50. The lowest BCUT2D eigenvalue weighted by molar-refractivity contribution is 0.459. The van der Waals surface area contributed by atoms with Gasteiger partial charge in [-0.3, -0.25) is 0 Å². The molecule has 0 spiro atoms. The SMILES string of the molecule is CC(=NNS(=O)(=O)c1ccc2ccccc2c1)c1cc(O)ccc1O. The summed E-state index contributed by atoms with van der Waals surface area (Å²) in [5.74, 6) is -0.163. The molecular formula is C18H16N2O4S. The standard InChI is InChI=1S/C18H16N2O4S/c1-12(17-11-15(21)7-9-18(17)22)19-20-25(23,24)16-8-6-13-4-2-3-5-14(13)10-16/h2-11,20-22H,1H3. The number of hydrogen-bond acceptors (Lipinski definition) is 5. The van der Waals surface area contributed by atoms with Gasteiger partial charge in [0.15, 0.2) is 0 Å². The van der Waals surface area contributed by atoms with Crippen LogP contribution >= 0.6 is 0 Å². The molecule has 3 aromatic rings. The summed E-state index contributed by atoms with van der Waals surface area (Å²) in [5, 5.41) is 24.9. The molecule has 0 aliphatic rings. The number of hydrogen-bond donors (Lipinski definition) is 3. The van der Waals surface area contributed by atoms with Crippen LogP contribution in [-0.2, 0) is 10.0 Å². The van der Waals surface area contributed by atoms with Gasteiger partial charge in [0, 0.05) is 5.56 Å². The highest BCUT2D eigenvalue weighted by Gasteiger charge is 2.14. The Balaban J connectivity index is 1.91. The average molecular weight is 356 g/mol. The third-order valence-corrected chi connectivity index (χ3v) is 4.94. The summed E-state index contributed by atoms with van der Waals surface area (Å²) in [6.45, 7) is 1.53. The van der Waals surface area contributed by atoms with Crippen molar-refractivity contribution in [2.24, 2.45) is 5.10 Å². The minimum atomic E-state index is -3.86. The van der Waals surface area contributed by atoms with Crippen LogP contribution in [0.4, 0.5) is 0 Å². The summed E-state index contributed by atoms with van der Waals surface area (Å²) in [4.78, 5) is 2.24. The van der Waals surface area contributed by atoms with Crippen LogP contribution in [-0.4, -0.2) is 24.3 Å². The van der Waals surface area contributed by atoms with Crippen LogP contribution < -0.4 is 4.83 Å². The molecule has 0 saturated heterocycles. The van der Waals surface area contributed by atoms with E-state index in [1.165, 1.54) is 31.2 Å². The van der Waals surface area contributed by atoms with Crippen LogP contribution in [0.5, 0.6) is 11.5 Å². The van der Waals surface area contributed by atoms with Crippen LogP contribution in [0, 0.1) is 0 Å². The molecule has 25 heavy (non-hydrogen) atoms. The molecule has 0 saturated carbocycles. The lowest BCUT2D eigenvalue weighted by atomic mass is 10.1. The van der Waals surface area contributed by atoms with Gasteiger partial charge in [0.25, 0.3) is 10.0 Å². The van der Waals surface area contributed by atoms with Crippen molar-refractivity contribution < 1.29 is 18.6 Å². The van der Waals surface area contributed by atoms with Gasteiger partial charge in [-0.1, -0.05) is 30.3 Å². The van der Waals surface area contributed by atoms with E-state index in [2.05, 4.69) is 9.93 Å². The highest BCUT2D eigenvalue weighted by molar-refractivity contribution is 7.89. The van der Waals surface area contributed by atoms with Gasteiger partial charge in [-0.25, -0.2) is 0 Å². The van der Waals surface area contributed by atoms with Gasteiger partial charge in [0.1, 0.15) is 11.5 Å². The number of rotatable bonds is 4. The Morgan fingerprint density at radius 3 is 2.44 bits per heavy atom. The molecule has 0 radical (unpaired) electrons. The van der Waals surface area contributed by atoms with Crippen LogP contribution in [0.25, 0.3) is 10.8 Å². The summed E-state index contributed by atoms with van der Waals surface area (Å²) in [7, 11) is -3.86. The van der Waals surface area contributed by atoms with Gasteiger partial charge < -0.3 is 10.2 Å². The average Bonchev–Trinajstić information content (AvgIpc) is 2.61. The molecule has 3 N–H and O–H groups in total. The number of nitrogens with one attached hydrogen (secondary N) is 1. The molecule has 0 aromatic heterocycles. The zero-order valence-electron chi connectivity index (χ0n) is 13.3. The Kier molecular flexibility index (Phi) is 4.33. The second-order valence-corrected chi connectivity index (χ2v) is 7.16. The molecule has 0 heterocycles. The van der Waals surface area contributed by atoms with E-state index in [0.29, 0.717) is 0 Å². The maximum absolute atomic E-state index is 12.4. The predicted octanol–water partition coefficient (Wildman–Crippen LogP) is 2.95. The number of benzene rings is 3. The molecule has 3 aromatic carbocycles. The number of phenolic OH excluding ortho intramolecular Hbond substituents is 2. The molecule has 0 aliphatic carbocycles. The largest absolute Gasteiger partial charge is 0.508 e. The van der Waals surface area contributed by atoms with E-state index < -0.39 is 10.0 Å². The monoisotopic (exact) mass is 356 g/mol. The maximum Gasteiger partial charge on any atom is 0.276 e. The van der Waals surface area contributed by atoms with E-state index in [-0.39, 0.29) is 27.7 Å². The van der Waals surface area contributed by atoms with Crippen LogP contribution in [0.2, 0.25) is 0 Å². The molecule has 0 atom stereocenters. The van der Waals surface area contributed by atoms with Crippen LogP contribution in [0.1, 0.15) is 12.5 Å². The van der Waals surface area contributed by atoms with Crippen molar-refractivity contribution >= 4 is 26.5 Å². The molecule has 0 unspecified atom stereocenters. The van der Waals surface area contributed by atoms with Gasteiger partial charge >= 0.3 is 0 Å². The first-order valence-electron chi connectivity index (χ1n) is 7.44. The number of sulfonamides is 1. The number of hydrazone groups is 1. The lowest BCUT2D eigenvalue weighted by Crippen LogP contribution is -2.20. The first kappa shape index (κ1) is 16.8. The summed E-state index contributed by atoms with van der Waals surface area (Å²) in [6.07, 6.45) is 0. The Morgan fingerprint density at radius 2 is 1.68 bits per heavy atom. The second kappa shape index (κ2) is 6.45. The van der Waals surface area contributed by atoms with Crippen molar-refractivity contribution in [3.63, 3.8) is 0 Å². The van der Waals surface area contributed by atoms with E-state index in [1.807, 2.05) is 24.3 Å². The van der Waals surface area contributed by atoms with Crippen molar-refractivity contribution in [3.05, 3.63) is 66.2 Å². The topological polar surface area (TPSA) is 99.0 Å². The molecule has 7 heteroatoms.